The van der Waals surface area contributed by atoms with Gasteiger partial charge in [0.05, 0.1) is 56.6 Å². The highest BCUT2D eigenvalue weighted by Crippen LogP contribution is 2.39. The molecule has 5 heteroatoms. The van der Waals surface area contributed by atoms with Crippen LogP contribution in [0.15, 0.2) is 152 Å². The van der Waals surface area contributed by atoms with Crippen LogP contribution in [-0.2, 0) is 0 Å². The number of nitriles is 3. The lowest BCUT2D eigenvalue weighted by atomic mass is 9.97. The minimum absolute atomic E-state index is 0.510. The number of para-hydroxylation sites is 3. The molecule has 230 valence electrons. The van der Waals surface area contributed by atoms with E-state index in [9.17, 15) is 15.8 Å². The zero-order valence-corrected chi connectivity index (χ0v) is 26.7. The number of benzene rings is 7. The van der Waals surface area contributed by atoms with Crippen molar-refractivity contribution in [2.24, 2.45) is 0 Å². The van der Waals surface area contributed by atoms with Crippen LogP contribution in [0.5, 0.6) is 0 Å². The maximum absolute atomic E-state index is 10.4. The fourth-order valence-electron chi connectivity index (χ4n) is 7.38. The summed E-state index contributed by atoms with van der Waals surface area (Å²) in [6, 6.07) is 58.0. The summed E-state index contributed by atoms with van der Waals surface area (Å²) in [6.45, 7) is 0. The Balaban J connectivity index is 1.19. The van der Waals surface area contributed by atoms with Crippen molar-refractivity contribution in [3.63, 3.8) is 0 Å². The summed E-state index contributed by atoms with van der Waals surface area (Å²) in [5.74, 6) is 0. The van der Waals surface area contributed by atoms with Gasteiger partial charge in [-0.05, 0) is 77.4 Å². The van der Waals surface area contributed by atoms with Gasteiger partial charge >= 0.3 is 0 Å². The molecule has 9 rings (SSSR count). The zero-order valence-electron chi connectivity index (χ0n) is 26.7. The highest BCUT2D eigenvalue weighted by Gasteiger charge is 2.20. The number of fused-ring (bicyclic) bond motifs is 6. The molecule has 0 aliphatic heterocycles. The van der Waals surface area contributed by atoms with Gasteiger partial charge in [0.2, 0.25) is 0 Å². The smallest absolute Gasteiger partial charge is 0.101 e. The molecule has 0 aliphatic rings. The molecule has 0 saturated carbocycles. The summed E-state index contributed by atoms with van der Waals surface area (Å²) < 4.78 is 4.38. The minimum atomic E-state index is 0.510. The van der Waals surface area contributed by atoms with Gasteiger partial charge in [0.1, 0.15) is 6.07 Å². The van der Waals surface area contributed by atoms with Crippen LogP contribution < -0.4 is 0 Å². The first kappa shape index (κ1) is 28.8. The van der Waals surface area contributed by atoms with Crippen LogP contribution in [-0.4, -0.2) is 9.13 Å². The Morgan fingerprint density at radius 3 is 1.72 bits per heavy atom. The maximum atomic E-state index is 10.4. The molecule has 0 bridgehead atoms. The quantitative estimate of drug-likeness (QED) is 0.193. The Labute approximate surface area is 287 Å². The molecule has 0 amide bonds. The Morgan fingerprint density at radius 2 is 1.00 bits per heavy atom. The molecule has 0 saturated heterocycles. The second kappa shape index (κ2) is 11.4. The van der Waals surface area contributed by atoms with Gasteiger partial charge in [-0.3, -0.25) is 0 Å². The van der Waals surface area contributed by atoms with Gasteiger partial charge in [0.15, 0.2) is 0 Å². The summed E-state index contributed by atoms with van der Waals surface area (Å²) in [7, 11) is 0. The number of hydrogen-bond acceptors (Lipinski definition) is 3. The van der Waals surface area contributed by atoms with Crippen molar-refractivity contribution in [3.8, 4) is 51.8 Å². The van der Waals surface area contributed by atoms with Crippen molar-refractivity contribution < 1.29 is 0 Å². The zero-order chi connectivity index (χ0) is 33.8. The maximum Gasteiger partial charge on any atom is 0.101 e. The summed E-state index contributed by atoms with van der Waals surface area (Å²) in [5, 5.41) is 34.1. The van der Waals surface area contributed by atoms with Crippen molar-refractivity contribution in [1.82, 2.24) is 9.13 Å². The van der Waals surface area contributed by atoms with E-state index in [4.69, 9.17) is 0 Å². The number of aromatic nitrogens is 2. The molecule has 0 fully saturated rings. The fourth-order valence-corrected chi connectivity index (χ4v) is 7.38. The molecule has 0 atom stereocenters. The van der Waals surface area contributed by atoms with Gasteiger partial charge in [-0.15, -0.1) is 0 Å². The molecule has 5 nitrogen and oxygen atoms in total. The van der Waals surface area contributed by atoms with Gasteiger partial charge in [0.25, 0.3) is 0 Å². The standard InChI is InChI=1S/C45H25N5/c46-26-29-16-22-43-40(23-29)39-21-15-30(27-47)24-44(39)50(43)45-34(28-48)8-6-12-36(45)32-19-17-31(18-20-32)33-7-5-9-35(25-33)49-41-13-3-1-10-37(41)38-11-2-4-14-42(38)49/h1-25H. The average molecular weight is 636 g/mol. The van der Waals surface area contributed by atoms with E-state index in [2.05, 4.69) is 124 Å². The van der Waals surface area contributed by atoms with Crippen LogP contribution in [0, 0.1) is 34.0 Å². The van der Waals surface area contributed by atoms with Crippen molar-refractivity contribution in [2.75, 3.05) is 0 Å². The lowest BCUT2D eigenvalue weighted by Gasteiger charge is -2.16. The van der Waals surface area contributed by atoms with E-state index in [-0.39, 0.29) is 0 Å². The molecule has 9 aromatic rings. The first-order chi connectivity index (χ1) is 24.7. The second-order valence-corrected chi connectivity index (χ2v) is 12.3. The molecule has 0 spiro atoms. The van der Waals surface area contributed by atoms with Gasteiger partial charge < -0.3 is 9.13 Å². The number of hydrogen-bond donors (Lipinski definition) is 0. The monoisotopic (exact) mass is 635 g/mol. The van der Waals surface area contributed by atoms with E-state index in [1.54, 1.807) is 12.1 Å². The lowest BCUT2D eigenvalue weighted by molar-refractivity contribution is 1.17. The SMILES string of the molecule is N#Cc1ccc2c(c1)c1ccc(C#N)cc1n2-c1c(C#N)cccc1-c1ccc(-c2cccc(-n3c4ccccc4c4ccccc43)c2)cc1. The van der Waals surface area contributed by atoms with Crippen LogP contribution in [0.25, 0.3) is 77.2 Å². The minimum Gasteiger partial charge on any atom is -0.309 e. The summed E-state index contributed by atoms with van der Waals surface area (Å²) in [5.41, 5.74) is 11.4. The molecule has 2 aromatic heterocycles. The van der Waals surface area contributed by atoms with Gasteiger partial charge in [-0.1, -0.05) is 91.0 Å². The second-order valence-electron chi connectivity index (χ2n) is 12.3. The van der Waals surface area contributed by atoms with Crippen LogP contribution in [0.3, 0.4) is 0 Å². The van der Waals surface area contributed by atoms with E-state index >= 15 is 0 Å². The largest absolute Gasteiger partial charge is 0.309 e. The normalized spacial score (nSPS) is 11.1. The van der Waals surface area contributed by atoms with Gasteiger partial charge in [0, 0.05) is 32.8 Å². The Bertz CT molecular complexity index is 2900. The van der Waals surface area contributed by atoms with Crippen molar-refractivity contribution in [2.45, 2.75) is 0 Å². The topological polar surface area (TPSA) is 81.2 Å². The molecule has 0 aliphatic carbocycles. The third-order valence-corrected chi connectivity index (χ3v) is 9.62. The summed E-state index contributed by atoms with van der Waals surface area (Å²) >= 11 is 0. The van der Waals surface area contributed by atoms with E-state index < -0.39 is 0 Å². The Hall–Kier alpha value is -7.39. The van der Waals surface area contributed by atoms with Crippen LogP contribution >= 0.6 is 0 Å². The van der Waals surface area contributed by atoms with Crippen LogP contribution in [0.4, 0.5) is 0 Å². The highest BCUT2D eigenvalue weighted by molar-refractivity contribution is 6.11. The molecular weight excluding hydrogens is 611 g/mol. The van der Waals surface area contributed by atoms with E-state index in [1.807, 2.05) is 42.5 Å². The molecule has 50 heavy (non-hydrogen) atoms. The summed E-state index contributed by atoms with van der Waals surface area (Å²) in [6.07, 6.45) is 0. The average Bonchev–Trinajstić information content (AvgIpc) is 3.69. The predicted octanol–water partition coefficient (Wildman–Crippen LogP) is 10.8. The van der Waals surface area contributed by atoms with Gasteiger partial charge in [-0.2, -0.15) is 15.8 Å². The summed E-state index contributed by atoms with van der Waals surface area (Å²) in [4.78, 5) is 0. The molecular formula is C45H25N5. The van der Waals surface area contributed by atoms with Crippen LogP contribution in [0.2, 0.25) is 0 Å². The van der Waals surface area contributed by atoms with E-state index in [0.29, 0.717) is 16.7 Å². The van der Waals surface area contributed by atoms with Crippen molar-refractivity contribution in [3.05, 3.63) is 168 Å². The van der Waals surface area contributed by atoms with Crippen LogP contribution in [0.1, 0.15) is 16.7 Å². The van der Waals surface area contributed by atoms with Crippen molar-refractivity contribution in [1.29, 1.82) is 15.8 Å². The first-order valence-corrected chi connectivity index (χ1v) is 16.3. The molecule has 0 unspecified atom stereocenters. The third-order valence-electron chi connectivity index (χ3n) is 9.62. The highest BCUT2D eigenvalue weighted by atomic mass is 15.0. The third kappa shape index (κ3) is 4.38. The Kier molecular flexibility index (Phi) is 6.56. The fraction of sp³-hybridized carbons (Fsp3) is 0. The molecule has 2 heterocycles. The van der Waals surface area contributed by atoms with E-state index in [1.165, 1.54) is 21.8 Å². The van der Waals surface area contributed by atoms with Crippen molar-refractivity contribution >= 4 is 43.6 Å². The number of nitrogens with zero attached hydrogens (tertiary/aromatic N) is 5. The Morgan fingerprint density at radius 1 is 0.380 bits per heavy atom. The molecule has 0 radical (unpaired) electrons. The predicted molar refractivity (Wildman–Crippen MR) is 200 cm³/mol. The molecule has 0 N–H and O–H groups in total. The number of rotatable bonds is 4. The van der Waals surface area contributed by atoms with E-state index in [0.717, 1.165) is 55.4 Å². The lowest BCUT2D eigenvalue weighted by Crippen LogP contribution is -2.01. The first-order valence-electron chi connectivity index (χ1n) is 16.3. The van der Waals surface area contributed by atoms with Gasteiger partial charge in [-0.25, -0.2) is 0 Å². The molecule has 7 aromatic carbocycles.